The van der Waals surface area contributed by atoms with Gasteiger partial charge in [0.2, 0.25) is 11.8 Å². The summed E-state index contributed by atoms with van der Waals surface area (Å²) in [6, 6.07) is 5.96. The molecular weight excluding hydrogens is 465 g/mol. The van der Waals surface area contributed by atoms with E-state index in [1.807, 2.05) is 6.92 Å². The van der Waals surface area contributed by atoms with Crippen LogP contribution in [0.5, 0.6) is 0 Å². The number of amides is 4. The molecule has 1 aromatic carbocycles. The maximum absolute atomic E-state index is 14.8. The first-order valence-corrected chi connectivity index (χ1v) is 11.3. The molecular formula is C23H25ClFN5O4. The Hall–Kier alpha value is -3.24. The van der Waals surface area contributed by atoms with Crippen LogP contribution in [0.15, 0.2) is 36.5 Å². The number of likely N-dealkylation sites (tertiary alicyclic amines) is 1. The first kappa shape index (κ1) is 23.9. The Morgan fingerprint density at radius 2 is 2.03 bits per heavy atom. The maximum Gasteiger partial charge on any atom is 0.323 e. The van der Waals surface area contributed by atoms with Crippen molar-refractivity contribution in [2.75, 3.05) is 35.7 Å². The van der Waals surface area contributed by atoms with Crippen molar-refractivity contribution in [3.8, 4) is 0 Å². The Kier molecular flexibility index (Phi) is 6.99. The minimum Gasteiger partial charge on any atom is -0.380 e. The van der Waals surface area contributed by atoms with E-state index in [0.717, 1.165) is 0 Å². The molecule has 2 aromatic rings. The minimum absolute atomic E-state index is 0.0333. The normalized spacial score (nSPS) is 22.2. The Balaban J connectivity index is 1.46. The average Bonchev–Trinajstić information content (AvgIpc) is 3.40. The van der Waals surface area contributed by atoms with Gasteiger partial charge in [-0.25, -0.2) is 14.2 Å². The summed E-state index contributed by atoms with van der Waals surface area (Å²) in [6.45, 7) is 2.55. The number of urea groups is 1. The zero-order valence-electron chi connectivity index (χ0n) is 18.8. The molecule has 180 valence electrons. The van der Waals surface area contributed by atoms with E-state index in [4.69, 9.17) is 16.3 Å². The number of ether oxygens (including phenoxy) is 1. The Bertz CT molecular complexity index is 1100. The molecule has 0 aliphatic carbocycles. The van der Waals surface area contributed by atoms with Crippen LogP contribution >= 0.6 is 11.6 Å². The van der Waals surface area contributed by atoms with Crippen molar-refractivity contribution in [1.29, 1.82) is 0 Å². The van der Waals surface area contributed by atoms with Crippen LogP contribution in [0.3, 0.4) is 0 Å². The monoisotopic (exact) mass is 489 g/mol. The van der Waals surface area contributed by atoms with E-state index < -0.39 is 23.8 Å². The van der Waals surface area contributed by atoms with E-state index in [2.05, 4.69) is 15.6 Å². The molecule has 0 radical (unpaired) electrons. The van der Waals surface area contributed by atoms with Crippen LogP contribution < -0.4 is 15.5 Å². The molecule has 2 aliphatic rings. The second-order valence-electron chi connectivity index (χ2n) is 8.39. The van der Waals surface area contributed by atoms with Crippen molar-refractivity contribution < 1.29 is 23.5 Å². The lowest BCUT2D eigenvalue weighted by molar-refractivity contribution is -0.120. The number of methoxy groups -OCH3 is 1. The van der Waals surface area contributed by atoms with Crippen molar-refractivity contribution in [2.24, 2.45) is 5.92 Å². The zero-order valence-corrected chi connectivity index (χ0v) is 19.5. The molecule has 4 amide bonds. The number of pyridine rings is 1. The molecule has 1 unspecified atom stereocenters. The summed E-state index contributed by atoms with van der Waals surface area (Å²) in [5.74, 6) is -1.08. The van der Waals surface area contributed by atoms with Gasteiger partial charge in [0.1, 0.15) is 17.7 Å². The number of aromatic nitrogens is 1. The predicted octanol–water partition coefficient (Wildman–Crippen LogP) is 3.51. The third kappa shape index (κ3) is 4.97. The molecule has 11 heteroatoms. The molecule has 2 N–H and O–H groups in total. The highest BCUT2D eigenvalue weighted by Crippen LogP contribution is 2.29. The molecule has 3 atom stereocenters. The smallest absolute Gasteiger partial charge is 0.323 e. The van der Waals surface area contributed by atoms with Gasteiger partial charge in [-0.05, 0) is 36.8 Å². The van der Waals surface area contributed by atoms with Gasteiger partial charge in [-0.15, -0.1) is 0 Å². The highest BCUT2D eigenvalue weighted by Gasteiger charge is 2.40. The van der Waals surface area contributed by atoms with Gasteiger partial charge in [0.25, 0.3) is 0 Å². The molecule has 3 heterocycles. The molecule has 0 spiro atoms. The zero-order chi connectivity index (χ0) is 24.4. The average molecular weight is 490 g/mol. The maximum atomic E-state index is 14.8. The van der Waals surface area contributed by atoms with E-state index in [1.54, 1.807) is 18.2 Å². The number of hydrogen-bond donors (Lipinski definition) is 2. The minimum atomic E-state index is -0.877. The van der Waals surface area contributed by atoms with E-state index in [1.165, 1.54) is 35.2 Å². The van der Waals surface area contributed by atoms with Gasteiger partial charge in [-0.1, -0.05) is 18.5 Å². The third-order valence-electron chi connectivity index (χ3n) is 6.12. The van der Waals surface area contributed by atoms with Gasteiger partial charge in [-0.3, -0.25) is 14.9 Å². The van der Waals surface area contributed by atoms with Gasteiger partial charge in [0.05, 0.1) is 16.8 Å². The number of carbonyl (C=O) groups excluding carboxylic acids is 3. The van der Waals surface area contributed by atoms with Crippen molar-refractivity contribution >= 4 is 46.6 Å². The first-order valence-electron chi connectivity index (χ1n) is 10.9. The quantitative estimate of drug-likeness (QED) is 0.669. The summed E-state index contributed by atoms with van der Waals surface area (Å²) in [6.07, 6.45) is 2.01. The van der Waals surface area contributed by atoms with Crippen molar-refractivity contribution in [2.45, 2.75) is 31.9 Å². The number of carbonyl (C=O) groups is 3. The standard InChI is InChI=1S/C23H25ClFN5O4/c1-13-7-8-29(22(13)32)15-4-5-18(17(25)9-15)27-21(31)19-10-16(34-2)12-30(19)23(33)28-20-6-3-14(24)11-26-20/h3-6,9,11,13,16,19H,7-8,10,12H2,1-2H3,(H,27,31)(H,26,28,33)/t13?,16-,19-/m1/s1. The highest BCUT2D eigenvalue weighted by atomic mass is 35.5. The van der Waals surface area contributed by atoms with Gasteiger partial charge in [-0.2, -0.15) is 0 Å². The molecule has 34 heavy (non-hydrogen) atoms. The fourth-order valence-electron chi connectivity index (χ4n) is 4.14. The van der Waals surface area contributed by atoms with Crippen LogP contribution in [0.25, 0.3) is 0 Å². The molecule has 0 bridgehead atoms. The van der Waals surface area contributed by atoms with Gasteiger partial charge < -0.3 is 19.9 Å². The number of halogens is 2. The third-order valence-corrected chi connectivity index (χ3v) is 6.34. The number of anilines is 3. The van der Waals surface area contributed by atoms with E-state index in [0.29, 0.717) is 23.7 Å². The second-order valence-corrected chi connectivity index (χ2v) is 8.82. The number of nitrogens with zero attached hydrogens (tertiary/aromatic N) is 3. The van der Waals surface area contributed by atoms with Crippen LogP contribution in [0.4, 0.5) is 26.4 Å². The Labute approximate surface area is 201 Å². The second kappa shape index (κ2) is 9.94. The van der Waals surface area contributed by atoms with E-state index in [9.17, 15) is 18.8 Å². The summed E-state index contributed by atoms with van der Waals surface area (Å²) in [4.78, 5) is 45.0. The largest absolute Gasteiger partial charge is 0.380 e. The van der Waals surface area contributed by atoms with Gasteiger partial charge in [0.15, 0.2) is 0 Å². The van der Waals surface area contributed by atoms with Crippen LogP contribution in [0, 0.1) is 11.7 Å². The van der Waals surface area contributed by atoms with Crippen LogP contribution in [-0.4, -0.2) is 60.1 Å². The highest BCUT2D eigenvalue weighted by molar-refractivity contribution is 6.30. The SMILES string of the molecule is CO[C@@H]1C[C@H](C(=O)Nc2ccc(N3CCC(C)C3=O)cc2F)N(C(=O)Nc2ccc(Cl)cn2)C1. The molecule has 4 rings (SSSR count). The molecule has 0 saturated carbocycles. The lowest BCUT2D eigenvalue weighted by Crippen LogP contribution is -2.45. The van der Waals surface area contributed by atoms with Crippen molar-refractivity contribution in [3.63, 3.8) is 0 Å². The lowest BCUT2D eigenvalue weighted by atomic mass is 10.1. The van der Waals surface area contributed by atoms with Crippen molar-refractivity contribution in [3.05, 3.63) is 47.4 Å². The summed E-state index contributed by atoms with van der Waals surface area (Å²) in [5.41, 5.74) is 0.413. The lowest BCUT2D eigenvalue weighted by Gasteiger charge is -2.24. The van der Waals surface area contributed by atoms with Crippen LogP contribution in [-0.2, 0) is 14.3 Å². The van der Waals surface area contributed by atoms with Crippen molar-refractivity contribution in [1.82, 2.24) is 9.88 Å². The first-order chi connectivity index (χ1) is 16.3. The number of rotatable bonds is 5. The number of hydrogen-bond acceptors (Lipinski definition) is 5. The molecule has 9 nitrogen and oxygen atoms in total. The van der Waals surface area contributed by atoms with Crippen LogP contribution in [0.2, 0.25) is 5.02 Å². The number of nitrogens with one attached hydrogen (secondary N) is 2. The number of benzene rings is 1. The predicted molar refractivity (Wildman–Crippen MR) is 125 cm³/mol. The Morgan fingerprint density at radius 1 is 1.24 bits per heavy atom. The van der Waals surface area contributed by atoms with E-state index >= 15 is 0 Å². The summed E-state index contributed by atoms with van der Waals surface area (Å²) < 4.78 is 20.2. The summed E-state index contributed by atoms with van der Waals surface area (Å²) >= 11 is 5.82. The van der Waals surface area contributed by atoms with Gasteiger partial charge >= 0.3 is 6.03 Å². The molecule has 2 fully saturated rings. The van der Waals surface area contributed by atoms with Crippen LogP contribution in [0.1, 0.15) is 19.8 Å². The molecule has 2 saturated heterocycles. The van der Waals surface area contributed by atoms with Gasteiger partial charge in [0, 0.05) is 44.4 Å². The summed E-state index contributed by atoms with van der Waals surface area (Å²) in [5, 5.41) is 5.62. The Morgan fingerprint density at radius 3 is 2.65 bits per heavy atom. The fourth-order valence-corrected chi connectivity index (χ4v) is 4.25. The molecule has 2 aliphatic heterocycles. The van der Waals surface area contributed by atoms with E-state index in [-0.39, 0.29) is 42.4 Å². The topological polar surface area (TPSA) is 104 Å². The molecule has 1 aromatic heterocycles. The fraction of sp³-hybridized carbons (Fsp3) is 0.391. The summed E-state index contributed by atoms with van der Waals surface area (Å²) in [7, 11) is 1.50.